The molecule has 0 saturated carbocycles. The first-order chi connectivity index (χ1) is 9.81. The van der Waals surface area contributed by atoms with Gasteiger partial charge in [0.2, 0.25) is 0 Å². The summed E-state index contributed by atoms with van der Waals surface area (Å²) in [5.41, 5.74) is 6.79. The van der Waals surface area contributed by atoms with Gasteiger partial charge in [-0.05, 0) is 44.0 Å². The van der Waals surface area contributed by atoms with Gasteiger partial charge in [-0.3, -0.25) is 0 Å². The summed E-state index contributed by atoms with van der Waals surface area (Å²) in [4.78, 5) is 0. The molecule has 0 fully saturated rings. The van der Waals surface area contributed by atoms with Crippen molar-refractivity contribution in [2.45, 2.75) is 52.4 Å². The lowest BCUT2D eigenvalue weighted by atomic mass is 10.1. The molecule has 1 aromatic carbocycles. The molecule has 3 heteroatoms. The molecular weight excluding hydrogens is 250 g/mol. The molecule has 0 heterocycles. The number of hydrogen-bond donors (Lipinski definition) is 1. The van der Waals surface area contributed by atoms with Crippen molar-refractivity contribution in [2.24, 2.45) is 5.73 Å². The van der Waals surface area contributed by atoms with Gasteiger partial charge in [-0.25, -0.2) is 0 Å². The standard InChI is InChI=1S/C17H29NO2/c1-3-5-6-7-8-13-20-16-10-9-15(11-12-18)14-17(16)19-4-2/h9-10,14H,3-8,11-13,18H2,1-2H3. The van der Waals surface area contributed by atoms with Gasteiger partial charge >= 0.3 is 0 Å². The SMILES string of the molecule is CCCCCCCOc1ccc(CCN)cc1OCC. The molecule has 2 N–H and O–H groups in total. The number of hydrogen-bond acceptors (Lipinski definition) is 3. The lowest BCUT2D eigenvalue weighted by Gasteiger charge is -2.13. The van der Waals surface area contributed by atoms with Crippen LogP contribution in [0.1, 0.15) is 51.5 Å². The van der Waals surface area contributed by atoms with Crippen LogP contribution in [0.25, 0.3) is 0 Å². The molecule has 0 amide bonds. The van der Waals surface area contributed by atoms with Crippen LogP contribution in [-0.2, 0) is 6.42 Å². The molecule has 0 atom stereocenters. The molecule has 0 aromatic heterocycles. The van der Waals surface area contributed by atoms with Gasteiger partial charge in [-0.2, -0.15) is 0 Å². The van der Waals surface area contributed by atoms with Crippen molar-refractivity contribution in [1.29, 1.82) is 0 Å². The van der Waals surface area contributed by atoms with Crippen LogP contribution in [0.2, 0.25) is 0 Å². The maximum atomic E-state index is 5.85. The smallest absolute Gasteiger partial charge is 0.161 e. The Morgan fingerprint density at radius 1 is 0.950 bits per heavy atom. The van der Waals surface area contributed by atoms with Gasteiger partial charge in [-0.15, -0.1) is 0 Å². The molecule has 1 rings (SSSR count). The Hall–Kier alpha value is -1.22. The minimum Gasteiger partial charge on any atom is -0.490 e. The monoisotopic (exact) mass is 279 g/mol. The van der Waals surface area contributed by atoms with Crippen LogP contribution in [-0.4, -0.2) is 19.8 Å². The number of unbranched alkanes of at least 4 members (excludes halogenated alkanes) is 4. The summed E-state index contributed by atoms with van der Waals surface area (Å²) < 4.78 is 11.5. The molecule has 0 aliphatic heterocycles. The molecule has 114 valence electrons. The van der Waals surface area contributed by atoms with E-state index < -0.39 is 0 Å². The van der Waals surface area contributed by atoms with Crippen LogP contribution in [0.15, 0.2) is 18.2 Å². The minimum absolute atomic E-state index is 0.652. The number of rotatable bonds is 11. The first-order valence-electron chi connectivity index (χ1n) is 7.90. The summed E-state index contributed by atoms with van der Waals surface area (Å²) in [6.45, 7) is 6.29. The van der Waals surface area contributed by atoms with Crippen molar-refractivity contribution in [3.05, 3.63) is 23.8 Å². The first-order valence-corrected chi connectivity index (χ1v) is 7.90. The average molecular weight is 279 g/mol. The van der Waals surface area contributed by atoms with E-state index in [-0.39, 0.29) is 0 Å². The van der Waals surface area contributed by atoms with E-state index in [1.54, 1.807) is 0 Å². The van der Waals surface area contributed by atoms with Crippen LogP contribution < -0.4 is 15.2 Å². The summed E-state index contributed by atoms with van der Waals surface area (Å²) >= 11 is 0. The maximum Gasteiger partial charge on any atom is 0.161 e. The third-order valence-corrected chi connectivity index (χ3v) is 3.25. The zero-order chi connectivity index (χ0) is 14.6. The second-order valence-corrected chi connectivity index (χ2v) is 5.02. The van der Waals surface area contributed by atoms with E-state index in [0.717, 1.165) is 30.9 Å². The summed E-state index contributed by atoms with van der Waals surface area (Å²) in [7, 11) is 0. The zero-order valence-electron chi connectivity index (χ0n) is 13.0. The van der Waals surface area contributed by atoms with Crippen LogP contribution in [0.3, 0.4) is 0 Å². The normalized spacial score (nSPS) is 10.6. The Morgan fingerprint density at radius 2 is 1.75 bits per heavy atom. The topological polar surface area (TPSA) is 44.5 Å². The van der Waals surface area contributed by atoms with E-state index >= 15 is 0 Å². The van der Waals surface area contributed by atoms with Crippen LogP contribution in [0.5, 0.6) is 11.5 Å². The largest absolute Gasteiger partial charge is 0.490 e. The maximum absolute atomic E-state index is 5.85. The van der Waals surface area contributed by atoms with E-state index in [1.165, 1.54) is 31.2 Å². The Kier molecular flexibility index (Phi) is 8.88. The third kappa shape index (κ3) is 6.29. The molecule has 0 bridgehead atoms. The van der Waals surface area contributed by atoms with Crippen molar-refractivity contribution in [3.63, 3.8) is 0 Å². The minimum atomic E-state index is 0.652. The predicted molar refractivity (Wildman–Crippen MR) is 84.6 cm³/mol. The van der Waals surface area contributed by atoms with Crippen LogP contribution in [0, 0.1) is 0 Å². The highest BCUT2D eigenvalue weighted by Crippen LogP contribution is 2.28. The highest BCUT2D eigenvalue weighted by atomic mass is 16.5. The lowest BCUT2D eigenvalue weighted by molar-refractivity contribution is 0.270. The highest BCUT2D eigenvalue weighted by molar-refractivity contribution is 5.43. The van der Waals surface area contributed by atoms with Gasteiger partial charge in [-0.1, -0.05) is 38.7 Å². The van der Waals surface area contributed by atoms with Gasteiger partial charge < -0.3 is 15.2 Å². The molecule has 1 aromatic rings. The Labute approximate surface area is 123 Å². The van der Waals surface area contributed by atoms with Gasteiger partial charge in [0.1, 0.15) is 0 Å². The van der Waals surface area contributed by atoms with Crippen molar-refractivity contribution in [2.75, 3.05) is 19.8 Å². The third-order valence-electron chi connectivity index (χ3n) is 3.25. The molecule has 0 aliphatic rings. The molecule has 0 radical (unpaired) electrons. The van der Waals surface area contributed by atoms with E-state index in [1.807, 2.05) is 19.1 Å². The van der Waals surface area contributed by atoms with Crippen molar-refractivity contribution in [3.8, 4) is 11.5 Å². The summed E-state index contributed by atoms with van der Waals surface area (Å²) in [5, 5.41) is 0. The fourth-order valence-electron chi connectivity index (χ4n) is 2.15. The van der Waals surface area contributed by atoms with Gasteiger partial charge in [0.25, 0.3) is 0 Å². The Balaban J connectivity index is 2.46. The highest BCUT2D eigenvalue weighted by Gasteiger charge is 2.06. The lowest BCUT2D eigenvalue weighted by Crippen LogP contribution is -2.05. The molecular formula is C17H29NO2. The molecule has 0 saturated heterocycles. The molecule has 3 nitrogen and oxygen atoms in total. The average Bonchev–Trinajstić information content (AvgIpc) is 2.45. The molecule has 20 heavy (non-hydrogen) atoms. The van der Waals surface area contributed by atoms with Gasteiger partial charge in [0.05, 0.1) is 13.2 Å². The summed E-state index contributed by atoms with van der Waals surface area (Å²) in [6.07, 6.45) is 7.11. The van der Waals surface area contributed by atoms with Gasteiger partial charge in [0.15, 0.2) is 11.5 Å². The van der Waals surface area contributed by atoms with E-state index in [2.05, 4.69) is 13.0 Å². The molecule has 0 unspecified atom stereocenters. The van der Waals surface area contributed by atoms with Crippen molar-refractivity contribution >= 4 is 0 Å². The Morgan fingerprint density at radius 3 is 2.45 bits per heavy atom. The fraction of sp³-hybridized carbons (Fsp3) is 0.647. The van der Waals surface area contributed by atoms with E-state index in [4.69, 9.17) is 15.2 Å². The van der Waals surface area contributed by atoms with Gasteiger partial charge in [0, 0.05) is 0 Å². The van der Waals surface area contributed by atoms with Crippen molar-refractivity contribution < 1.29 is 9.47 Å². The van der Waals surface area contributed by atoms with Crippen LogP contribution in [0.4, 0.5) is 0 Å². The Bertz CT molecular complexity index is 366. The number of nitrogens with two attached hydrogens (primary N) is 1. The van der Waals surface area contributed by atoms with Crippen molar-refractivity contribution in [1.82, 2.24) is 0 Å². The zero-order valence-corrected chi connectivity index (χ0v) is 13.0. The van der Waals surface area contributed by atoms with Crippen LogP contribution >= 0.6 is 0 Å². The predicted octanol–water partition coefficient (Wildman–Crippen LogP) is 3.94. The summed E-state index contributed by atoms with van der Waals surface area (Å²) in [5.74, 6) is 1.69. The second kappa shape index (κ2) is 10.6. The molecule has 0 spiro atoms. The van der Waals surface area contributed by atoms with E-state index in [9.17, 15) is 0 Å². The number of ether oxygens (including phenoxy) is 2. The summed E-state index contributed by atoms with van der Waals surface area (Å²) in [6, 6.07) is 6.12. The first kappa shape index (κ1) is 16.8. The van der Waals surface area contributed by atoms with E-state index in [0.29, 0.717) is 13.2 Å². The quantitative estimate of drug-likeness (QED) is 0.624. The number of benzene rings is 1. The molecule has 0 aliphatic carbocycles. The fourth-order valence-corrected chi connectivity index (χ4v) is 2.15. The second-order valence-electron chi connectivity index (χ2n) is 5.02.